The quantitative estimate of drug-likeness (QED) is 0.474. The van der Waals surface area contributed by atoms with Crippen LogP contribution in [0.15, 0.2) is 36.4 Å². The fourth-order valence-corrected chi connectivity index (χ4v) is 5.39. The smallest absolute Gasteiger partial charge is 0.406 e. The van der Waals surface area contributed by atoms with E-state index in [2.05, 4.69) is 11.7 Å². The molecule has 0 bridgehead atoms. The molecule has 0 aliphatic heterocycles. The summed E-state index contributed by atoms with van der Waals surface area (Å²) in [5, 5.41) is 0. The average Bonchev–Trinajstić information content (AvgIpc) is 2.68. The van der Waals surface area contributed by atoms with Crippen LogP contribution >= 0.6 is 0 Å². The minimum Gasteiger partial charge on any atom is -0.406 e. The van der Waals surface area contributed by atoms with Gasteiger partial charge in [-0.25, -0.2) is 4.39 Å². The van der Waals surface area contributed by atoms with Crippen LogP contribution in [0.1, 0.15) is 62.5 Å². The van der Waals surface area contributed by atoms with Crippen LogP contribution in [-0.2, 0) is 6.42 Å². The zero-order valence-electron chi connectivity index (χ0n) is 16.6. The monoisotopic (exact) mass is 406 g/mol. The molecule has 0 N–H and O–H groups in total. The lowest BCUT2D eigenvalue weighted by molar-refractivity contribution is -0.274. The predicted molar refractivity (Wildman–Crippen MR) is 105 cm³/mol. The molecule has 3 atom stereocenters. The van der Waals surface area contributed by atoms with Gasteiger partial charge in [0, 0.05) is 5.56 Å². The zero-order chi connectivity index (χ0) is 20.6. The van der Waals surface area contributed by atoms with Crippen molar-refractivity contribution in [2.24, 2.45) is 11.8 Å². The van der Waals surface area contributed by atoms with Crippen LogP contribution in [0.4, 0.5) is 17.6 Å². The van der Waals surface area contributed by atoms with Crippen LogP contribution < -0.4 is 4.74 Å². The van der Waals surface area contributed by atoms with Gasteiger partial charge < -0.3 is 4.74 Å². The number of rotatable bonds is 4. The maximum atomic E-state index is 15.4. The first-order valence-electron chi connectivity index (χ1n) is 10.5. The second-order valence-corrected chi connectivity index (χ2v) is 8.44. The number of alkyl halides is 3. The standard InChI is InChI=1S/C24H26F4O/c1-2-3-15-4-10-19-17(14-15)7-11-22-21(19)13-12-20(23(22)25)16-5-8-18(9-6-16)29-24(26,27)28/h5-6,8-9,12-13,15,17,19H,2-4,7,10-11,14H2,1H3. The topological polar surface area (TPSA) is 9.23 Å². The number of hydrogen-bond acceptors (Lipinski definition) is 1. The maximum Gasteiger partial charge on any atom is 0.573 e. The van der Waals surface area contributed by atoms with Crippen LogP contribution in [0, 0.1) is 17.7 Å². The third-order valence-electron chi connectivity index (χ3n) is 6.63. The maximum absolute atomic E-state index is 15.4. The Hall–Kier alpha value is -2.04. The van der Waals surface area contributed by atoms with E-state index in [1.807, 2.05) is 6.07 Å². The van der Waals surface area contributed by atoms with Gasteiger partial charge in [0.25, 0.3) is 0 Å². The molecule has 2 aromatic rings. The summed E-state index contributed by atoms with van der Waals surface area (Å²) in [6.45, 7) is 2.24. The highest BCUT2D eigenvalue weighted by atomic mass is 19.4. The Balaban J connectivity index is 1.57. The van der Waals surface area contributed by atoms with E-state index < -0.39 is 6.36 Å². The van der Waals surface area contributed by atoms with E-state index in [1.165, 1.54) is 49.9 Å². The summed E-state index contributed by atoms with van der Waals surface area (Å²) < 4.78 is 56.3. The van der Waals surface area contributed by atoms with Crippen molar-refractivity contribution in [2.75, 3.05) is 0 Å². The van der Waals surface area contributed by atoms with E-state index in [1.54, 1.807) is 6.07 Å². The molecular formula is C24H26F4O. The molecule has 4 rings (SSSR count). The van der Waals surface area contributed by atoms with Crippen LogP contribution in [0.2, 0.25) is 0 Å². The largest absolute Gasteiger partial charge is 0.573 e. The van der Waals surface area contributed by atoms with Gasteiger partial charge in [-0.05, 0) is 78.7 Å². The van der Waals surface area contributed by atoms with Crippen LogP contribution in [-0.4, -0.2) is 6.36 Å². The zero-order valence-corrected chi connectivity index (χ0v) is 16.6. The molecule has 0 saturated heterocycles. The van der Waals surface area contributed by atoms with Crippen molar-refractivity contribution in [2.45, 2.75) is 64.1 Å². The third-order valence-corrected chi connectivity index (χ3v) is 6.63. The van der Waals surface area contributed by atoms with Crippen LogP contribution in [0.3, 0.4) is 0 Å². The highest BCUT2D eigenvalue weighted by Crippen LogP contribution is 2.49. The molecule has 1 fully saturated rings. The van der Waals surface area contributed by atoms with Gasteiger partial charge in [-0.1, -0.05) is 44.0 Å². The van der Waals surface area contributed by atoms with Crippen molar-refractivity contribution in [1.82, 2.24) is 0 Å². The van der Waals surface area contributed by atoms with Crippen LogP contribution in [0.5, 0.6) is 5.75 Å². The van der Waals surface area contributed by atoms with Crippen molar-refractivity contribution >= 4 is 0 Å². The Labute approximate surface area is 169 Å². The van der Waals surface area contributed by atoms with Crippen molar-refractivity contribution in [1.29, 1.82) is 0 Å². The minimum absolute atomic E-state index is 0.221. The predicted octanol–water partition coefficient (Wildman–Crippen LogP) is 7.64. The van der Waals surface area contributed by atoms with Crippen molar-refractivity contribution in [3.63, 3.8) is 0 Å². The molecule has 1 nitrogen and oxygen atoms in total. The van der Waals surface area contributed by atoms with Crippen LogP contribution in [0.25, 0.3) is 11.1 Å². The lowest BCUT2D eigenvalue weighted by atomic mass is 9.64. The molecular weight excluding hydrogens is 380 g/mol. The number of fused-ring (bicyclic) bond motifs is 3. The molecule has 156 valence electrons. The Morgan fingerprint density at radius 3 is 2.45 bits per heavy atom. The van der Waals surface area contributed by atoms with Gasteiger partial charge in [0.1, 0.15) is 11.6 Å². The molecule has 5 heteroatoms. The molecule has 0 heterocycles. The average molecular weight is 406 g/mol. The Kier molecular flexibility index (Phi) is 5.58. The number of hydrogen-bond donors (Lipinski definition) is 0. The molecule has 3 unspecified atom stereocenters. The van der Waals surface area contributed by atoms with E-state index in [0.717, 1.165) is 36.3 Å². The van der Waals surface area contributed by atoms with Gasteiger partial charge in [-0.15, -0.1) is 13.2 Å². The fraction of sp³-hybridized carbons (Fsp3) is 0.500. The lowest BCUT2D eigenvalue weighted by Crippen LogP contribution is -2.28. The molecule has 1 saturated carbocycles. The molecule has 2 aliphatic carbocycles. The summed E-state index contributed by atoms with van der Waals surface area (Å²) in [6, 6.07) is 9.25. The molecule has 0 amide bonds. The van der Waals surface area contributed by atoms with Crippen molar-refractivity contribution in [3.05, 3.63) is 53.3 Å². The van der Waals surface area contributed by atoms with Crippen molar-refractivity contribution < 1.29 is 22.3 Å². The first-order valence-corrected chi connectivity index (χ1v) is 10.5. The van der Waals surface area contributed by atoms with Gasteiger partial charge in [0.15, 0.2) is 0 Å². The highest BCUT2D eigenvalue weighted by molar-refractivity contribution is 5.67. The summed E-state index contributed by atoms with van der Waals surface area (Å²) >= 11 is 0. The second-order valence-electron chi connectivity index (χ2n) is 8.44. The van der Waals surface area contributed by atoms with E-state index in [4.69, 9.17) is 0 Å². The highest BCUT2D eigenvalue weighted by Gasteiger charge is 2.36. The Morgan fingerprint density at radius 1 is 1.00 bits per heavy atom. The summed E-state index contributed by atoms with van der Waals surface area (Å²) in [5.41, 5.74) is 2.96. The number of ether oxygens (including phenoxy) is 1. The number of benzene rings is 2. The Bertz CT molecular complexity index is 856. The minimum atomic E-state index is -4.73. The molecule has 0 radical (unpaired) electrons. The normalized spacial score (nSPS) is 24.0. The lowest BCUT2D eigenvalue weighted by Gasteiger charge is -2.41. The van der Waals surface area contributed by atoms with Gasteiger partial charge >= 0.3 is 6.36 Å². The van der Waals surface area contributed by atoms with Gasteiger partial charge in [0.2, 0.25) is 0 Å². The van der Waals surface area contributed by atoms with E-state index in [9.17, 15) is 13.2 Å². The molecule has 0 aromatic heterocycles. The third kappa shape index (κ3) is 4.29. The first-order chi connectivity index (χ1) is 13.9. The second kappa shape index (κ2) is 8.00. The molecule has 2 aromatic carbocycles. The molecule has 29 heavy (non-hydrogen) atoms. The molecule has 2 aliphatic rings. The Morgan fingerprint density at radius 2 is 1.76 bits per heavy atom. The first kappa shape index (κ1) is 20.2. The summed E-state index contributed by atoms with van der Waals surface area (Å²) in [5.74, 6) is 1.38. The van der Waals surface area contributed by atoms with E-state index in [-0.39, 0.29) is 11.6 Å². The summed E-state index contributed by atoms with van der Waals surface area (Å²) in [7, 11) is 0. The fourth-order valence-electron chi connectivity index (χ4n) is 5.39. The van der Waals surface area contributed by atoms with E-state index in [0.29, 0.717) is 23.0 Å². The number of halogens is 4. The molecule has 0 spiro atoms. The summed E-state index contributed by atoms with van der Waals surface area (Å²) in [4.78, 5) is 0. The summed E-state index contributed by atoms with van der Waals surface area (Å²) in [6.07, 6.45) is 3.15. The van der Waals surface area contributed by atoms with Gasteiger partial charge in [-0.3, -0.25) is 0 Å². The SMILES string of the molecule is CCCC1CCC2c3ccc(-c4ccc(OC(F)(F)F)cc4)c(F)c3CCC2C1. The van der Waals surface area contributed by atoms with E-state index >= 15 is 4.39 Å². The van der Waals surface area contributed by atoms with Gasteiger partial charge in [0.05, 0.1) is 0 Å². The van der Waals surface area contributed by atoms with Crippen molar-refractivity contribution in [3.8, 4) is 16.9 Å². The van der Waals surface area contributed by atoms with Gasteiger partial charge in [-0.2, -0.15) is 0 Å².